The van der Waals surface area contributed by atoms with E-state index in [1.807, 2.05) is 41.5 Å². The highest BCUT2D eigenvalue weighted by atomic mass is 32.2. The van der Waals surface area contributed by atoms with E-state index < -0.39 is 59.2 Å². The average Bonchev–Trinajstić information content (AvgIpc) is 2.79. The van der Waals surface area contributed by atoms with Crippen molar-refractivity contribution in [1.82, 2.24) is 10.6 Å². The summed E-state index contributed by atoms with van der Waals surface area (Å²) in [6, 6.07) is 2.25. The highest BCUT2D eigenvalue weighted by Gasteiger charge is 2.55. The fourth-order valence-corrected chi connectivity index (χ4v) is 27.7. The van der Waals surface area contributed by atoms with Gasteiger partial charge < -0.3 is 32.5 Å². The van der Waals surface area contributed by atoms with Crippen molar-refractivity contribution in [3.63, 3.8) is 0 Å². The molecule has 1 rings (SSSR count). The lowest BCUT2D eigenvalue weighted by atomic mass is 10.2. The van der Waals surface area contributed by atoms with E-state index in [1.165, 1.54) is 11.8 Å². The van der Waals surface area contributed by atoms with Crippen molar-refractivity contribution in [3.05, 3.63) is 0 Å². The first-order valence-electron chi connectivity index (χ1n) is 14.8. The number of rotatable bonds is 18. The molecule has 260 valence electrons. The van der Waals surface area contributed by atoms with E-state index >= 15 is 0 Å². The maximum absolute atomic E-state index is 11.9. The smallest absolute Gasteiger partial charge is 0.407 e. The van der Waals surface area contributed by atoms with Gasteiger partial charge in [0.15, 0.2) is 0 Å². The number of carbonyl (C=O) groups excluding carboxylic acids is 2. The fourth-order valence-electron chi connectivity index (χ4n) is 4.06. The van der Waals surface area contributed by atoms with Gasteiger partial charge in [-0.25, -0.2) is 9.59 Å². The highest BCUT2D eigenvalue weighted by Crippen LogP contribution is 2.38. The molecule has 0 saturated carbocycles. The Balaban J connectivity index is 2.68. The molecule has 3 N–H and O–H groups in total. The van der Waals surface area contributed by atoms with Crippen LogP contribution in [0.5, 0.6) is 0 Å². The Morgan fingerprint density at radius 2 is 0.977 bits per heavy atom. The van der Waals surface area contributed by atoms with Crippen LogP contribution in [0.4, 0.5) is 9.59 Å². The normalized spacial score (nSPS) is 24.5. The first kappa shape index (κ1) is 42.1. The molecule has 0 aromatic rings. The first-order chi connectivity index (χ1) is 20.0. The lowest BCUT2D eigenvalue weighted by molar-refractivity contribution is 0.0519. The Morgan fingerprint density at radius 1 is 0.659 bits per heavy atom. The van der Waals surface area contributed by atoms with E-state index in [0.717, 1.165) is 35.1 Å². The van der Waals surface area contributed by atoms with Gasteiger partial charge in [0.1, 0.15) is 11.2 Å². The molecule has 0 aromatic heterocycles. The maximum atomic E-state index is 11.9. The predicted octanol–water partition coefficient (Wildman–Crippen LogP) is 5.40. The van der Waals surface area contributed by atoms with Crippen LogP contribution in [-0.4, -0.2) is 115 Å². The van der Waals surface area contributed by atoms with Crippen LogP contribution in [0, 0.1) is 0 Å². The summed E-state index contributed by atoms with van der Waals surface area (Å²) in [4.78, 5) is 23.8. The summed E-state index contributed by atoms with van der Waals surface area (Å²) >= 11 is 4.92. The predicted molar refractivity (Wildman–Crippen MR) is 189 cm³/mol. The Kier molecular flexibility index (Phi) is 17.7. The number of carbonyl (C=O) groups is 2. The monoisotopic (exact) mass is 754 g/mol. The Bertz CT molecular complexity index is 963. The first-order valence-corrected chi connectivity index (χ1v) is 27.4. The van der Waals surface area contributed by atoms with E-state index in [4.69, 9.17) is 26.4 Å². The van der Waals surface area contributed by atoms with Crippen LogP contribution in [0.15, 0.2) is 0 Å². The Hall–Kier alpha value is 0.0306. The molecule has 1 aliphatic heterocycles. The Labute approximate surface area is 280 Å². The third kappa shape index (κ3) is 21.0. The molecule has 44 heavy (non-hydrogen) atoms. The van der Waals surface area contributed by atoms with Gasteiger partial charge in [-0.1, -0.05) is 0 Å². The molecular formula is C25H54N2O10S4Si3. The summed E-state index contributed by atoms with van der Waals surface area (Å²) in [7, 11) is -11.8. The number of hydrogen-bond acceptors (Lipinski definition) is 12. The molecule has 2 atom stereocenters. The second-order valence-corrected chi connectivity index (χ2v) is 28.9. The molecule has 1 saturated heterocycles. The van der Waals surface area contributed by atoms with Gasteiger partial charge >= 0.3 is 37.9 Å². The van der Waals surface area contributed by atoms with Gasteiger partial charge in [-0.05, 0) is 96.6 Å². The van der Waals surface area contributed by atoms with Crippen LogP contribution in [0.2, 0.25) is 37.8 Å². The van der Waals surface area contributed by atoms with Crippen LogP contribution in [-0.2, 0) is 31.9 Å². The van der Waals surface area contributed by atoms with Crippen molar-refractivity contribution >= 4 is 83.3 Å². The lowest BCUT2D eigenvalue weighted by Crippen LogP contribution is -2.67. The minimum atomic E-state index is -3.99. The molecule has 2 amide bonds. The van der Waals surface area contributed by atoms with Crippen molar-refractivity contribution in [1.29, 1.82) is 0 Å². The number of hydrogen-bond donors (Lipinski definition) is 3. The minimum absolute atomic E-state index is 0.278. The van der Waals surface area contributed by atoms with Gasteiger partial charge in [-0.15, -0.1) is 0 Å². The van der Waals surface area contributed by atoms with Gasteiger partial charge in [0.05, 0.1) is 5.75 Å². The number of alkyl carbamates (subject to hydrolysis) is 2. The van der Waals surface area contributed by atoms with Crippen molar-refractivity contribution in [2.45, 2.75) is 90.5 Å². The van der Waals surface area contributed by atoms with Gasteiger partial charge in [-0.3, -0.25) is 4.55 Å². The molecule has 19 heteroatoms. The number of amides is 2. The lowest BCUT2D eigenvalue weighted by Gasteiger charge is -2.50. The van der Waals surface area contributed by atoms with E-state index in [0.29, 0.717) is 30.6 Å². The van der Waals surface area contributed by atoms with E-state index in [-0.39, 0.29) is 5.75 Å². The van der Waals surface area contributed by atoms with E-state index in [2.05, 4.69) is 30.3 Å². The molecule has 1 aliphatic rings. The quantitative estimate of drug-likeness (QED) is 0.0929. The molecule has 0 aromatic carbocycles. The topological polar surface area (TPSA) is 159 Å². The summed E-state index contributed by atoms with van der Waals surface area (Å²) in [5, 5.41) is 5.56. The van der Waals surface area contributed by atoms with Crippen LogP contribution in [0.25, 0.3) is 0 Å². The molecule has 0 bridgehead atoms. The van der Waals surface area contributed by atoms with Crippen LogP contribution >= 0.6 is 35.3 Å². The molecule has 12 nitrogen and oxygen atoms in total. The molecule has 0 aliphatic carbocycles. The fraction of sp³-hybridized carbons (Fsp3) is 0.920. The van der Waals surface area contributed by atoms with Gasteiger partial charge in [0.25, 0.3) is 10.1 Å². The van der Waals surface area contributed by atoms with Gasteiger partial charge in [0.2, 0.25) is 0 Å². The zero-order valence-electron chi connectivity index (χ0n) is 27.7. The van der Waals surface area contributed by atoms with Crippen molar-refractivity contribution in [2.75, 3.05) is 53.4 Å². The van der Waals surface area contributed by atoms with E-state index in [9.17, 15) is 18.0 Å². The summed E-state index contributed by atoms with van der Waals surface area (Å²) in [6.45, 7) is 18.3. The number of thioether (sulfide) groups is 3. The minimum Gasteiger partial charge on any atom is -0.444 e. The number of nitrogens with one attached hydrogen (secondary N) is 2. The summed E-state index contributed by atoms with van der Waals surface area (Å²) < 4.78 is 62.0. The summed E-state index contributed by atoms with van der Waals surface area (Å²) in [5.74, 6) is 3.82. The standard InChI is InChI=1S/C25H54N2O10S4Si3/c1-24(2,3)33-22(28)26-10-12-38-15-19-42(7)35-43(8,20-16-39-13-11-27-23(29)34-25(4,5)6)37-44(9,36-42)21-17-40-14-18-41(30,31)32/h10-21H2,1-9H3,(H,26,28)(H,27,29)(H,30,31,32). The van der Waals surface area contributed by atoms with E-state index in [1.54, 1.807) is 23.5 Å². The molecule has 0 radical (unpaired) electrons. The SMILES string of the molecule is CC(C)(C)OC(=O)NCCSCC[Si]1(C)O[Si](C)(CCSCCNC(=O)OC(C)(C)C)O[Si](C)(CCSCCS(=O)(=O)O)O1. The Morgan fingerprint density at radius 3 is 1.27 bits per heavy atom. The highest BCUT2D eigenvalue weighted by molar-refractivity contribution is 8.00. The van der Waals surface area contributed by atoms with Crippen molar-refractivity contribution < 1.29 is 44.4 Å². The second kappa shape index (κ2) is 18.5. The largest absolute Gasteiger partial charge is 0.444 e. The number of ether oxygens (including phenoxy) is 2. The zero-order valence-corrected chi connectivity index (χ0v) is 34.0. The van der Waals surface area contributed by atoms with Crippen molar-refractivity contribution in [3.8, 4) is 0 Å². The molecule has 1 heterocycles. The molecule has 2 unspecified atom stereocenters. The van der Waals surface area contributed by atoms with Crippen LogP contribution in [0.3, 0.4) is 0 Å². The van der Waals surface area contributed by atoms with Gasteiger partial charge in [-0.2, -0.15) is 43.7 Å². The molecule has 1 fully saturated rings. The van der Waals surface area contributed by atoms with Crippen LogP contribution < -0.4 is 10.6 Å². The molecule has 0 spiro atoms. The average molecular weight is 755 g/mol. The maximum Gasteiger partial charge on any atom is 0.407 e. The van der Waals surface area contributed by atoms with Gasteiger partial charge in [0, 0.05) is 30.3 Å². The summed E-state index contributed by atoms with van der Waals surface area (Å²) in [6.07, 6.45) is -0.848. The molecular weight excluding hydrogens is 701 g/mol. The third-order valence-corrected chi connectivity index (χ3v) is 24.6. The third-order valence-electron chi connectivity index (χ3n) is 5.71. The summed E-state index contributed by atoms with van der Waals surface area (Å²) in [5.41, 5.74) is -1.07. The zero-order chi connectivity index (χ0) is 33.7. The van der Waals surface area contributed by atoms with Crippen LogP contribution in [0.1, 0.15) is 41.5 Å². The second-order valence-electron chi connectivity index (χ2n) is 12.9. The van der Waals surface area contributed by atoms with Crippen molar-refractivity contribution in [2.24, 2.45) is 0 Å².